The number of oxazole rings is 1. The maximum Gasteiger partial charge on any atom is 0.277 e. The smallest absolute Gasteiger partial charge is 0.277 e. The van der Waals surface area contributed by atoms with Gasteiger partial charge in [-0.05, 0) is 41.5 Å². The highest BCUT2D eigenvalue weighted by Gasteiger charge is 2.20. The van der Waals surface area contributed by atoms with Gasteiger partial charge in [0.2, 0.25) is 0 Å². The van der Waals surface area contributed by atoms with Gasteiger partial charge in [-0.3, -0.25) is 30.0 Å². The molecular formula is C24H13N5O7. The molecule has 12 nitrogen and oxygen atoms in total. The Bertz CT molecular complexity index is 1640. The zero-order chi connectivity index (χ0) is 25.2. The third-order valence-electron chi connectivity index (χ3n) is 5.21. The summed E-state index contributed by atoms with van der Waals surface area (Å²) in [6.45, 7) is 0. The van der Waals surface area contributed by atoms with Crippen LogP contribution in [0.25, 0.3) is 39.9 Å². The molecule has 3 heterocycles. The number of rotatable bonds is 7. The molecule has 36 heavy (non-hydrogen) atoms. The van der Waals surface area contributed by atoms with Gasteiger partial charge in [0.15, 0.2) is 17.1 Å². The van der Waals surface area contributed by atoms with E-state index in [4.69, 9.17) is 8.94 Å². The molecule has 176 valence electrons. The summed E-state index contributed by atoms with van der Waals surface area (Å²) < 4.78 is 11.0. The fourth-order valence-corrected chi connectivity index (χ4v) is 3.49. The number of nitrogens with zero attached hydrogens (tertiary/aromatic N) is 5. The molecule has 0 aliphatic heterocycles. The van der Waals surface area contributed by atoms with E-state index in [-0.39, 0.29) is 11.5 Å². The molecule has 0 bridgehead atoms. The summed E-state index contributed by atoms with van der Waals surface area (Å²) >= 11 is 0. The number of non-ortho nitro benzene ring substituents is 2. The van der Waals surface area contributed by atoms with Crippen LogP contribution in [0.4, 0.5) is 11.4 Å². The van der Waals surface area contributed by atoms with Gasteiger partial charge in [-0.15, -0.1) is 0 Å². The summed E-state index contributed by atoms with van der Waals surface area (Å²) in [5.41, 5.74) is 2.22. The Morgan fingerprint density at radius 3 is 2.36 bits per heavy atom. The molecule has 5 aromatic rings. The van der Waals surface area contributed by atoms with E-state index in [1.807, 2.05) is 0 Å². The van der Waals surface area contributed by atoms with E-state index in [1.54, 1.807) is 42.7 Å². The first-order chi connectivity index (χ1) is 17.4. The van der Waals surface area contributed by atoms with Gasteiger partial charge in [-0.25, -0.2) is 4.98 Å². The SMILES string of the molecule is O=C(/C=C/c1ccc2oc(-c3nocc3-c3ccncc3)nc2c1)c1cc([N+](=O)[O-])cc([N+](=O)[O-])c1. The van der Waals surface area contributed by atoms with Crippen LogP contribution in [-0.4, -0.2) is 30.8 Å². The van der Waals surface area contributed by atoms with Crippen molar-refractivity contribution in [3.63, 3.8) is 0 Å². The quantitative estimate of drug-likeness (QED) is 0.129. The summed E-state index contributed by atoms with van der Waals surface area (Å²) in [7, 11) is 0. The lowest BCUT2D eigenvalue weighted by Gasteiger charge is -1.98. The van der Waals surface area contributed by atoms with Crippen LogP contribution in [0, 0.1) is 20.2 Å². The molecule has 2 aromatic carbocycles. The topological polar surface area (TPSA) is 168 Å². The van der Waals surface area contributed by atoms with E-state index >= 15 is 0 Å². The van der Waals surface area contributed by atoms with Crippen molar-refractivity contribution in [2.45, 2.75) is 0 Å². The van der Waals surface area contributed by atoms with E-state index in [2.05, 4.69) is 15.1 Å². The minimum absolute atomic E-state index is 0.174. The molecule has 0 unspecified atom stereocenters. The number of carbonyl (C=O) groups excluding carboxylic acids is 1. The molecular weight excluding hydrogens is 470 g/mol. The second-order valence-corrected chi connectivity index (χ2v) is 7.51. The number of carbonyl (C=O) groups is 1. The first kappa shape index (κ1) is 22.3. The lowest BCUT2D eigenvalue weighted by molar-refractivity contribution is -0.394. The van der Waals surface area contributed by atoms with Crippen molar-refractivity contribution in [1.82, 2.24) is 15.1 Å². The van der Waals surface area contributed by atoms with Gasteiger partial charge in [0.25, 0.3) is 17.3 Å². The minimum atomic E-state index is -0.793. The molecule has 0 amide bonds. The van der Waals surface area contributed by atoms with Crippen molar-refractivity contribution < 1.29 is 23.6 Å². The standard InChI is InChI=1S/C24H13N5O7/c30-21(16-10-17(28(31)32)12-18(11-16)29(33)34)3-1-14-2-4-22-20(9-14)26-24(36-22)23-19(13-35-27-23)15-5-7-25-8-6-15/h1-13H/b3-1+. The third kappa shape index (κ3) is 4.33. The summed E-state index contributed by atoms with van der Waals surface area (Å²) in [6.07, 6.45) is 7.41. The number of allylic oxidation sites excluding steroid dienone is 1. The van der Waals surface area contributed by atoms with E-state index < -0.39 is 27.0 Å². The minimum Gasteiger partial charge on any atom is -0.435 e. The molecule has 12 heteroatoms. The van der Waals surface area contributed by atoms with Crippen molar-refractivity contribution in [3.8, 4) is 22.7 Å². The molecule has 0 N–H and O–H groups in total. The van der Waals surface area contributed by atoms with E-state index in [1.165, 1.54) is 18.4 Å². The average Bonchev–Trinajstić information content (AvgIpc) is 3.54. The number of aromatic nitrogens is 3. The third-order valence-corrected chi connectivity index (χ3v) is 5.21. The van der Waals surface area contributed by atoms with Gasteiger partial charge in [-0.2, -0.15) is 0 Å². The number of pyridine rings is 1. The zero-order valence-electron chi connectivity index (χ0n) is 18.1. The Balaban J connectivity index is 1.43. The second-order valence-electron chi connectivity index (χ2n) is 7.51. The van der Waals surface area contributed by atoms with Gasteiger partial charge in [0, 0.05) is 30.1 Å². The summed E-state index contributed by atoms with van der Waals surface area (Å²) in [5.74, 6) is -0.390. The largest absolute Gasteiger partial charge is 0.435 e. The highest BCUT2D eigenvalue weighted by atomic mass is 16.6. The van der Waals surface area contributed by atoms with Crippen LogP contribution in [-0.2, 0) is 0 Å². The predicted molar refractivity (Wildman–Crippen MR) is 126 cm³/mol. The van der Waals surface area contributed by atoms with Crippen LogP contribution in [0.1, 0.15) is 15.9 Å². The molecule has 0 saturated carbocycles. The lowest BCUT2D eigenvalue weighted by Crippen LogP contribution is -1.99. The Kier molecular flexibility index (Phi) is 5.58. The summed E-state index contributed by atoms with van der Waals surface area (Å²) in [6, 6.07) is 11.4. The van der Waals surface area contributed by atoms with Crippen molar-refractivity contribution in [2.75, 3.05) is 0 Å². The van der Waals surface area contributed by atoms with Gasteiger partial charge < -0.3 is 8.94 Å². The Hall–Kier alpha value is -5.52. The molecule has 0 saturated heterocycles. The average molecular weight is 483 g/mol. The number of hydrogen-bond donors (Lipinski definition) is 0. The number of hydrogen-bond acceptors (Lipinski definition) is 10. The van der Waals surface area contributed by atoms with Crippen LogP contribution >= 0.6 is 0 Å². The number of ketones is 1. The number of fused-ring (bicyclic) bond motifs is 1. The van der Waals surface area contributed by atoms with Crippen molar-refractivity contribution in [3.05, 3.63) is 105 Å². The van der Waals surface area contributed by atoms with Gasteiger partial charge >= 0.3 is 0 Å². The van der Waals surface area contributed by atoms with Gasteiger partial charge in [0.05, 0.1) is 21.5 Å². The normalized spacial score (nSPS) is 11.2. The maximum atomic E-state index is 12.6. The molecule has 0 fully saturated rings. The fourth-order valence-electron chi connectivity index (χ4n) is 3.49. The lowest BCUT2D eigenvalue weighted by atomic mass is 10.1. The van der Waals surface area contributed by atoms with E-state index in [0.717, 1.165) is 23.8 Å². The molecule has 0 atom stereocenters. The van der Waals surface area contributed by atoms with Crippen LogP contribution in [0.15, 0.2) is 82.2 Å². The van der Waals surface area contributed by atoms with Gasteiger partial charge in [0.1, 0.15) is 11.8 Å². The summed E-state index contributed by atoms with van der Waals surface area (Å²) in [5, 5.41) is 26.1. The Morgan fingerprint density at radius 2 is 1.67 bits per heavy atom. The van der Waals surface area contributed by atoms with Crippen LogP contribution in [0.2, 0.25) is 0 Å². The van der Waals surface area contributed by atoms with E-state index in [0.29, 0.717) is 27.9 Å². The predicted octanol–water partition coefficient (Wildman–Crippen LogP) is 5.26. The van der Waals surface area contributed by atoms with Crippen LogP contribution < -0.4 is 0 Å². The highest BCUT2D eigenvalue weighted by Crippen LogP contribution is 2.32. The molecule has 0 aliphatic carbocycles. The van der Waals surface area contributed by atoms with E-state index in [9.17, 15) is 25.0 Å². The molecule has 5 rings (SSSR count). The maximum absolute atomic E-state index is 12.6. The molecule has 3 aromatic heterocycles. The number of nitro groups is 2. The molecule has 0 spiro atoms. The van der Waals surface area contributed by atoms with Crippen molar-refractivity contribution >= 4 is 34.3 Å². The van der Waals surface area contributed by atoms with Gasteiger partial charge in [-0.1, -0.05) is 17.3 Å². The molecule has 0 aliphatic rings. The number of benzene rings is 2. The van der Waals surface area contributed by atoms with Crippen molar-refractivity contribution in [1.29, 1.82) is 0 Å². The Labute approximate surface area is 200 Å². The molecule has 0 radical (unpaired) electrons. The monoisotopic (exact) mass is 483 g/mol. The number of nitro benzene ring substituents is 2. The van der Waals surface area contributed by atoms with Crippen LogP contribution in [0.5, 0.6) is 0 Å². The zero-order valence-corrected chi connectivity index (χ0v) is 18.1. The van der Waals surface area contributed by atoms with Crippen molar-refractivity contribution in [2.24, 2.45) is 0 Å². The fraction of sp³-hybridized carbons (Fsp3) is 0. The highest BCUT2D eigenvalue weighted by molar-refractivity contribution is 6.07. The second kappa shape index (κ2) is 9.02. The first-order valence-corrected chi connectivity index (χ1v) is 10.3. The first-order valence-electron chi connectivity index (χ1n) is 10.3. The summed E-state index contributed by atoms with van der Waals surface area (Å²) in [4.78, 5) is 41.6. The Morgan fingerprint density at radius 1 is 0.944 bits per heavy atom. The van der Waals surface area contributed by atoms with Crippen LogP contribution in [0.3, 0.4) is 0 Å².